The zero-order chi connectivity index (χ0) is 22.8. The third-order valence-corrected chi connectivity index (χ3v) is 7.34. The minimum Gasteiger partial charge on any atom is -0.382 e. The molecule has 5 aromatic rings. The fourth-order valence-electron chi connectivity index (χ4n) is 4.35. The molecule has 1 unspecified atom stereocenters. The lowest BCUT2D eigenvalue weighted by Gasteiger charge is -2.37. The molecule has 3 nitrogen and oxygen atoms in total. The number of benzene rings is 3. The molecule has 0 spiro atoms. The predicted molar refractivity (Wildman–Crippen MR) is 135 cm³/mol. The largest absolute Gasteiger partial charge is 0.382 e. The smallest absolute Gasteiger partial charge is 0.125 e. The number of thiophene rings is 1. The van der Waals surface area contributed by atoms with E-state index in [-0.39, 0.29) is 0 Å². The highest BCUT2D eigenvalue weighted by molar-refractivity contribution is 7.20. The number of aromatic nitrogens is 2. The van der Waals surface area contributed by atoms with Gasteiger partial charge in [0.05, 0.1) is 16.4 Å². The summed E-state index contributed by atoms with van der Waals surface area (Å²) in [6.07, 6.45) is 2.68. The fraction of sp³-hybridized carbons (Fsp3) is 0.0741. The number of hydrogen-bond donors (Lipinski definition) is 1. The molecule has 0 saturated heterocycles. The molecule has 1 N–H and O–H groups in total. The van der Waals surface area contributed by atoms with E-state index >= 15 is 0 Å². The second-order valence-corrected chi connectivity index (χ2v) is 9.98. The van der Waals surface area contributed by atoms with Gasteiger partial charge in [0, 0.05) is 11.8 Å². The maximum Gasteiger partial charge on any atom is 0.125 e. The summed E-state index contributed by atoms with van der Waals surface area (Å²) in [5.41, 5.74) is 3.61. The number of aliphatic hydroxyl groups excluding tert-OH is 1. The predicted octanol–water partition coefficient (Wildman–Crippen LogP) is 7.17. The quantitative estimate of drug-likeness (QED) is 0.256. The van der Waals surface area contributed by atoms with Crippen LogP contribution in [-0.4, -0.2) is 14.7 Å². The van der Waals surface area contributed by atoms with Crippen molar-refractivity contribution < 1.29 is 5.11 Å². The Morgan fingerprint density at radius 1 is 0.788 bits per heavy atom. The third-order valence-electron chi connectivity index (χ3n) is 5.82. The first-order valence-corrected chi connectivity index (χ1v) is 12.0. The lowest BCUT2D eigenvalue weighted by molar-refractivity contribution is 0.216. The maximum atomic E-state index is 11.1. The van der Waals surface area contributed by atoms with Crippen LogP contribution in [0, 0.1) is 0 Å². The normalized spacial score (nSPS) is 12.6. The van der Waals surface area contributed by atoms with Crippen LogP contribution in [0.5, 0.6) is 0 Å². The highest BCUT2D eigenvalue weighted by Gasteiger charge is 2.38. The first-order valence-electron chi connectivity index (χ1n) is 10.4. The van der Waals surface area contributed by atoms with Crippen LogP contribution >= 0.6 is 34.5 Å². The van der Waals surface area contributed by atoms with Gasteiger partial charge in [-0.1, -0.05) is 114 Å². The van der Waals surface area contributed by atoms with Gasteiger partial charge in [-0.3, -0.25) is 0 Å². The van der Waals surface area contributed by atoms with E-state index in [1.54, 1.807) is 12.4 Å². The van der Waals surface area contributed by atoms with Gasteiger partial charge < -0.3 is 9.67 Å². The zero-order valence-electron chi connectivity index (χ0n) is 17.5. The number of halogens is 2. The Bertz CT molecular complexity index is 1250. The maximum absolute atomic E-state index is 11.1. The lowest BCUT2D eigenvalue weighted by atomic mass is 9.77. The van der Waals surface area contributed by atoms with Gasteiger partial charge in [0.15, 0.2) is 0 Å². The van der Waals surface area contributed by atoms with Gasteiger partial charge in [0.25, 0.3) is 0 Å². The molecule has 0 radical (unpaired) electrons. The number of rotatable bonds is 6. The summed E-state index contributed by atoms with van der Waals surface area (Å²) >= 11 is 13.7. The molecule has 0 fully saturated rings. The number of nitrogens with zero attached hydrogens (tertiary/aromatic N) is 2. The molecular formula is C27H20Cl2N2OS. The molecule has 164 valence electrons. The molecule has 0 amide bonds. The fourth-order valence-corrected chi connectivity index (χ4v) is 5.87. The average Bonchev–Trinajstić information content (AvgIpc) is 3.48. The molecule has 6 heteroatoms. The van der Waals surface area contributed by atoms with Crippen molar-refractivity contribution in [2.75, 3.05) is 0 Å². The number of hydrogen-bond acceptors (Lipinski definition) is 3. The van der Waals surface area contributed by atoms with Gasteiger partial charge in [-0.25, -0.2) is 4.98 Å². The van der Waals surface area contributed by atoms with E-state index < -0.39 is 11.6 Å². The van der Waals surface area contributed by atoms with Crippen LogP contribution in [0.25, 0.3) is 0 Å². The van der Waals surface area contributed by atoms with Crippen LogP contribution in [-0.2, 0) is 5.54 Å². The van der Waals surface area contributed by atoms with E-state index in [0.29, 0.717) is 19.9 Å². The van der Waals surface area contributed by atoms with E-state index in [1.807, 2.05) is 60.8 Å². The van der Waals surface area contributed by atoms with E-state index in [0.717, 1.165) is 16.7 Å². The summed E-state index contributed by atoms with van der Waals surface area (Å²) in [7, 11) is 0. The van der Waals surface area contributed by atoms with Crippen molar-refractivity contribution in [2.45, 2.75) is 11.6 Å². The van der Waals surface area contributed by atoms with Gasteiger partial charge in [-0.2, -0.15) is 0 Å². The highest BCUT2D eigenvalue weighted by atomic mass is 35.5. The SMILES string of the molecule is OC(c1cn(C(c2ccccc2)(c2ccccc2)c2ccccc2)cn1)c1cc(Cl)sc1Cl. The summed E-state index contributed by atoms with van der Waals surface area (Å²) in [6, 6.07) is 32.6. The topological polar surface area (TPSA) is 38.0 Å². The van der Waals surface area contributed by atoms with Crippen LogP contribution in [0.15, 0.2) is 110 Å². The van der Waals surface area contributed by atoms with Crippen LogP contribution in [0.1, 0.15) is 34.1 Å². The van der Waals surface area contributed by atoms with E-state index in [9.17, 15) is 5.11 Å². The molecule has 0 saturated carbocycles. The van der Waals surface area contributed by atoms with E-state index in [1.165, 1.54) is 11.3 Å². The van der Waals surface area contributed by atoms with Crippen molar-refractivity contribution in [2.24, 2.45) is 0 Å². The summed E-state index contributed by atoms with van der Waals surface area (Å²) in [5.74, 6) is 0. The monoisotopic (exact) mass is 490 g/mol. The van der Waals surface area contributed by atoms with Gasteiger partial charge >= 0.3 is 0 Å². The summed E-state index contributed by atoms with van der Waals surface area (Å²) < 4.78 is 3.05. The second-order valence-electron chi connectivity index (χ2n) is 7.70. The zero-order valence-corrected chi connectivity index (χ0v) is 19.8. The van der Waals surface area contributed by atoms with E-state index in [4.69, 9.17) is 23.2 Å². The van der Waals surface area contributed by atoms with Crippen LogP contribution in [0.2, 0.25) is 8.67 Å². The third kappa shape index (κ3) is 3.90. The van der Waals surface area contributed by atoms with Gasteiger partial charge in [-0.15, -0.1) is 11.3 Å². The van der Waals surface area contributed by atoms with Crippen molar-refractivity contribution in [1.82, 2.24) is 9.55 Å². The Labute approximate surface area is 206 Å². The Morgan fingerprint density at radius 3 is 1.70 bits per heavy atom. The molecule has 0 aliphatic rings. The molecular weight excluding hydrogens is 471 g/mol. The minimum absolute atomic E-state index is 0.461. The summed E-state index contributed by atoms with van der Waals surface area (Å²) in [5, 5.41) is 11.1. The lowest BCUT2D eigenvalue weighted by Crippen LogP contribution is -2.37. The minimum atomic E-state index is -0.984. The van der Waals surface area contributed by atoms with Crippen LogP contribution in [0.4, 0.5) is 0 Å². The first kappa shape index (κ1) is 21.9. The Balaban J connectivity index is 1.75. The van der Waals surface area contributed by atoms with Crippen molar-refractivity contribution in [3.05, 3.63) is 146 Å². The molecule has 2 heterocycles. The molecule has 0 aliphatic heterocycles. The van der Waals surface area contributed by atoms with Crippen LogP contribution in [0.3, 0.4) is 0 Å². The standard InChI is InChI=1S/C27H20Cl2N2OS/c28-24-16-22(26(29)33-24)25(32)23-17-31(18-30-23)27(19-10-4-1-5-11-19,20-12-6-2-7-13-20)21-14-8-3-9-15-21/h1-18,25,32H. The van der Waals surface area contributed by atoms with Gasteiger partial charge in [0.2, 0.25) is 0 Å². The number of imidazole rings is 1. The van der Waals surface area contributed by atoms with Crippen LogP contribution < -0.4 is 0 Å². The van der Waals surface area contributed by atoms with Crippen molar-refractivity contribution in [1.29, 1.82) is 0 Å². The molecule has 3 aromatic carbocycles. The Hall–Kier alpha value is -2.89. The molecule has 2 aromatic heterocycles. The van der Waals surface area contributed by atoms with E-state index in [2.05, 4.69) is 45.9 Å². The molecule has 0 bridgehead atoms. The Morgan fingerprint density at radius 2 is 1.27 bits per heavy atom. The van der Waals surface area contributed by atoms with Crippen molar-refractivity contribution in [3.8, 4) is 0 Å². The first-order chi connectivity index (χ1) is 16.1. The highest BCUT2D eigenvalue weighted by Crippen LogP contribution is 2.42. The molecule has 5 rings (SSSR count). The Kier molecular flexibility index (Phi) is 6.09. The van der Waals surface area contributed by atoms with Gasteiger partial charge in [0.1, 0.15) is 16.0 Å². The van der Waals surface area contributed by atoms with Crippen molar-refractivity contribution in [3.63, 3.8) is 0 Å². The second kappa shape index (κ2) is 9.16. The molecule has 33 heavy (non-hydrogen) atoms. The molecule has 0 aliphatic carbocycles. The number of aliphatic hydroxyl groups is 1. The van der Waals surface area contributed by atoms with Crippen molar-refractivity contribution >= 4 is 34.5 Å². The van der Waals surface area contributed by atoms with Gasteiger partial charge in [-0.05, 0) is 22.8 Å². The summed E-state index contributed by atoms with van der Waals surface area (Å²) in [4.78, 5) is 4.60. The average molecular weight is 491 g/mol. The summed E-state index contributed by atoms with van der Waals surface area (Å²) in [6.45, 7) is 0. The molecule has 1 atom stereocenters.